The molecule has 0 spiro atoms. The second kappa shape index (κ2) is 14.3. The summed E-state index contributed by atoms with van der Waals surface area (Å²) in [6.07, 6.45) is 4.37. The second-order valence-corrected chi connectivity index (χ2v) is 11.1. The van der Waals surface area contributed by atoms with E-state index in [4.69, 9.17) is 5.73 Å². The molecule has 2 aromatic heterocycles. The van der Waals surface area contributed by atoms with Gasteiger partial charge in [-0.1, -0.05) is 56.7 Å². The first-order valence-corrected chi connectivity index (χ1v) is 14.9. The van der Waals surface area contributed by atoms with Gasteiger partial charge in [-0.15, -0.1) is 0 Å². The van der Waals surface area contributed by atoms with Crippen LogP contribution in [0.2, 0.25) is 0 Å². The molecule has 5 unspecified atom stereocenters. The van der Waals surface area contributed by atoms with Crippen molar-refractivity contribution in [1.29, 1.82) is 0 Å². The monoisotopic (exact) mass is 606 g/mol. The van der Waals surface area contributed by atoms with Crippen molar-refractivity contribution in [3.05, 3.63) is 72.1 Å². The van der Waals surface area contributed by atoms with Crippen LogP contribution in [-0.2, 0) is 32.0 Å². The Balaban J connectivity index is 1.40. The lowest BCUT2D eigenvalue weighted by Gasteiger charge is -2.27. The summed E-state index contributed by atoms with van der Waals surface area (Å²) in [6.45, 7) is 3.64. The molecular weight excluding hydrogens is 568 g/mol. The molecule has 0 aliphatic heterocycles. The molecule has 3 amide bonds. The molecule has 12 heteroatoms. The van der Waals surface area contributed by atoms with E-state index < -0.39 is 47.9 Å². The fourth-order valence-corrected chi connectivity index (χ4v) is 5.30. The average Bonchev–Trinajstić information content (AvgIpc) is 3.61. The maximum Gasteiger partial charge on any atom is 0.326 e. The van der Waals surface area contributed by atoms with E-state index in [-0.39, 0.29) is 24.5 Å². The number of aromatic nitrogens is 2. The van der Waals surface area contributed by atoms with Crippen LogP contribution in [-0.4, -0.2) is 68.7 Å². The van der Waals surface area contributed by atoms with E-state index >= 15 is 0 Å². The Labute approximate surface area is 254 Å². The van der Waals surface area contributed by atoms with Crippen LogP contribution in [0, 0.1) is 5.92 Å². The highest BCUT2D eigenvalue weighted by molar-refractivity contribution is 7.80. The molecule has 0 radical (unpaired) electrons. The molecule has 43 heavy (non-hydrogen) atoms. The summed E-state index contributed by atoms with van der Waals surface area (Å²) in [4.78, 5) is 58.0. The normalized spacial score (nSPS) is 14.9. The fraction of sp³-hybridized carbons (Fsp3) is 0.355. The number of carboxylic acid groups (broad SMARTS) is 1. The molecule has 0 fully saturated rings. The summed E-state index contributed by atoms with van der Waals surface area (Å²) < 4.78 is 0. The van der Waals surface area contributed by atoms with E-state index in [0.29, 0.717) is 6.42 Å². The van der Waals surface area contributed by atoms with Crippen molar-refractivity contribution in [3.63, 3.8) is 0 Å². The van der Waals surface area contributed by atoms with E-state index in [1.165, 1.54) is 0 Å². The number of aliphatic carboxylic acids is 1. The fourth-order valence-electron chi connectivity index (χ4n) is 5.04. The van der Waals surface area contributed by atoms with Crippen LogP contribution in [0.1, 0.15) is 31.4 Å². The van der Waals surface area contributed by atoms with Gasteiger partial charge in [-0.3, -0.25) is 14.4 Å². The van der Waals surface area contributed by atoms with Gasteiger partial charge in [0.2, 0.25) is 17.7 Å². The molecule has 0 saturated carbocycles. The van der Waals surface area contributed by atoms with Gasteiger partial charge in [0.15, 0.2) is 0 Å². The van der Waals surface area contributed by atoms with Crippen molar-refractivity contribution < 1.29 is 24.3 Å². The van der Waals surface area contributed by atoms with Gasteiger partial charge in [-0.05, 0) is 35.6 Å². The number of carbonyl (C=O) groups excluding carboxylic acids is 3. The van der Waals surface area contributed by atoms with Crippen molar-refractivity contribution in [3.8, 4) is 0 Å². The highest BCUT2D eigenvalue weighted by Gasteiger charge is 2.33. The Morgan fingerprint density at radius 3 is 1.88 bits per heavy atom. The summed E-state index contributed by atoms with van der Waals surface area (Å²) in [5.41, 5.74) is 9.60. The summed E-state index contributed by atoms with van der Waals surface area (Å²) in [6, 6.07) is 10.9. The van der Waals surface area contributed by atoms with Crippen molar-refractivity contribution in [2.45, 2.75) is 57.3 Å². The first-order valence-electron chi connectivity index (χ1n) is 14.2. The molecule has 4 aromatic rings. The molecule has 0 aliphatic rings. The number of rotatable bonds is 14. The van der Waals surface area contributed by atoms with E-state index in [1.54, 1.807) is 19.3 Å². The van der Waals surface area contributed by atoms with Crippen LogP contribution in [0.25, 0.3) is 21.8 Å². The molecular formula is C31H38N6O5S. The van der Waals surface area contributed by atoms with E-state index in [0.717, 1.165) is 32.9 Å². The zero-order valence-electron chi connectivity index (χ0n) is 24.1. The number of H-pyrrole nitrogens is 2. The molecule has 228 valence electrons. The quantitative estimate of drug-likeness (QED) is 0.102. The molecule has 11 nitrogen and oxygen atoms in total. The number of nitrogens with two attached hydrogens (primary N) is 1. The maximum atomic E-state index is 13.4. The SMILES string of the molecule is CCC(C)C(NC(=O)C(CS)NC(=O)C(N)Cc1c[nH]c2ccccc12)C(=O)NC(Cc1c[nH]c2ccccc12)C(=O)O. The molecule has 0 aliphatic carbocycles. The number of carbonyl (C=O) groups is 4. The van der Waals surface area contributed by atoms with E-state index in [2.05, 4.69) is 38.5 Å². The van der Waals surface area contributed by atoms with Crippen LogP contribution in [0.3, 0.4) is 0 Å². The highest BCUT2D eigenvalue weighted by atomic mass is 32.1. The smallest absolute Gasteiger partial charge is 0.326 e. The van der Waals surface area contributed by atoms with E-state index in [1.807, 2.05) is 55.5 Å². The Kier molecular flexibility index (Phi) is 10.5. The van der Waals surface area contributed by atoms with Crippen LogP contribution < -0.4 is 21.7 Å². The molecule has 8 N–H and O–H groups in total. The first kappa shape index (κ1) is 31.6. The van der Waals surface area contributed by atoms with Gasteiger partial charge in [0, 0.05) is 46.4 Å². The van der Waals surface area contributed by atoms with Gasteiger partial charge in [0.25, 0.3) is 0 Å². The zero-order valence-corrected chi connectivity index (χ0v) is 25.0. The van der Waals surface area contributed by atoms with Gasteiger partial charge in [-0.2, -0.15) is 12.6 Å². The van der Waals surface area contributed by atoms with Gasteiger partial charge < -0.3 is 36.8 Å². The van der Waals surface area contributed by atoms with Gasteiger partial charge in [0.1, 0.15) is 18.1 Å². The molecule has 2 aromatic carbocycles. The summed E-state index contributed by atoms with van der Waals surface area (Å²) in [7, 11) is 0. The number of benzene rings is 2. The number of fused-ring (bicyclic) bond motifs is 2. The Bertz CT molecular complexity index is 1600. The summed E-state index contributed by atoms with van der Waals surface area (Å²) in [5.74, 6) is -3.34. The third-order valence-corrected chi connectivity index (χ3v) is 8.14. The van der Waals surface area contributed by atoms with Crippen LogP contribution in [0.4, 0.5) is 0 Å². The summed E-state index contributed by atoms with van der Waals surface area (Å²) >= 11 is 4.24. The van der Waals surface area contributed by atoms with Crippen LogP contribution in [0.15, 0.2) is 60.9 Å². The lowest BCUT2D eigenvalue weighted by Crippen LogP contribution is -2.59. The zero-order chi connectivity index (χ0) is 31.1. The third kappa shape index (κ3) is 7.57. The van der Waals surface area contributed by atoms with Gasteiger partial charge in [-0.25, -0.2) is 4.79 Å². The standard InChI is InChI=1S/C31H38N6O5S/c1-3-17(2)27(30(40)35-25(31(41)42)13-19-15-34-24-11-7-5-9-21(19)24)37-29(39)26(16-43)36-28(38)22(32)12-18-14-33-23-10-6-4-8-20(18)23/h4-11,14-15,17,22,25-27,33-34,43H,3,12-13,16,32H2,1-2H3,(H,35,40)(H,36,38)(H,37,39)(H,41,42). The predicted molar refractivity (Wildman–Crippen MR) is 169 cm³/mol. The number of thiol groups is 1. The number of carboxylic acids is 1. The van der Waals surface area contributed by atoms with Crippen LogP contribution >= 0.6 is 12.6 Å². The summed E-state index contributed by atoms with van der Waals surface area (Å²) in [5, 5.41) is 19.7. The number of amides is 3. The number of aromatic amines is 2. The lowest BCUT2D eigenvalue weighted by molar-refractivity contribution is -0.142. The average molecular weight is 607 g/mol. The van der Waals surface area contributed by atoms with Crippen molar-refractivity contribution in [2.24, 2.45) is 11.7 Å². The molecule has 4 rings (SSSR count). The number of hydrogen-bond acceptors (Lipinski definition) is 6. The second-order valence-electron chi connectivity index (χ2n) is 10.7. The van der Waals surface area contributed by atoms with E-state index in [9.17, 15) is 24.3 Å². The van der Waals surface area contributed by atoms with Crippen molar-refractivity contribution in [1.82, 2.24) is 25.9 Å². The Morgan fingerprint density at radius 1 is 0.814 bits per heavy atom. The Hall–Kier alpha value is -4.29. The number of nitrogens with one attached hydrogen (secondary N) is 5. The lowest BCUT2D eigenvalue weighted by atomic mass is 9.97. The predicted octanol–water partition coefficient (Wildman–Crippen LogP) is 2.28. The molecule has 2 heterocycles. The van der Waals surface area contributed by atoms with Gasteiger partial charge in [0.05, 0.1) is 6.04 Å². The highest BCUT2D eigenvalue weighted by Crippen LogP contribution is 2.20. The van der Waals surface area contributed by atoms with Crippen molar-refractivity contribution >= 4 is 58.1 Å². The number of hydrogen-bond donors (Lipinski definition) is 8. The number of para-hydroxylation sites is 2. The minimum absolute atomic E-state index is 0.0372. The molecule has 5 atom stereocenters. The topological polar surface area (TPSA) is 182 Å². The minimum atomic E-state index is -1.22. The van der Waals surface area contributed by atoms with Gasteiger partial charge >= 0.3 is 5.97 Å². The van der Waals surface area contributed by atoms with Crippen LogP contribution in [0.5, 0.6) is 0 Å². The third-order valence-electron chi connectivity index (χ3n) is 7.77. The largest absolute Gasteiger partial charge is 0.480 e. The first-order chi connectivity index (χ1) is 20.6. The molecule has 0 bridgehead atoms. The minimum Gasteiger partial charge on any atom is -0.480 e. The maximum absolute atomic E-state index is 13.4. The van der Waals surface area contributed by atoms with Crippen molar-refractivity contribution in [2.75, 3.05) is 5.75 Å². The molecule has 0 saturated heterocycles. The Morgan fingerprint density at radius 2 is 1.35 bits per heavy atom.